The number of benzene rings is 1. The predicted molar refractivity (Wildman–Crippen MR) is 72.6 cm³/mol. The van der Waals surface area contributed by atoms with E-state index in [4.69, 9.17) is 5.11 Å². The average molecular weight is 302 g/mol. The van der Waals surface area contributed by atoms with E-state index in [9.17, 15) is 23.7 Å². The van der Waals surface area contributed by atoms with E-state index in [2.05, 4.69) is 5.32 Å². The van der Waals surface area contributed by atoms with Gasteiger partial charge in [0.15, 0.2) is 0 Å². The van der Waals surface area contributed by atoms with Crippen LogP contribution in [-0.4, -0.2) is 22.5 Å². The Hall–Kier alpha value is -2.25. The summed E-state index contributed by atoms with van der Waals surface area (Å²) in [5.41, 5.74) is -0.706. The van der Waals surface area contributed by atoms with Gasteiger partial charge in [0.2, 0.25) is 0 Å². The number of anilines is 1. The Balaban J connectivity index is 2.74. The highest BCUT2D eigenvalue weighted by molar-refractivity contribution is 5.66. The molecule has 21 heavy (non-hydrogen) atoms. The van der Waals surface area contributed by atoms with Crippen molar-refractivity contribution < 1.29 is 23.6 Å². The summed E-state index contributed by atoms with van der Waals surface area (Å²) < 4.78 is 25.8. The van der Waals surface area contributed by atoms with E-state index < -0.39 is 28.6 Å². The van der Waals surface area contributed by atoms with Crippen LogP contribution in [0.1, 0.15) is 31.8 Å². The van der Waals surface area contributed by atoms with Gasteiger partial charge < -0.3 is 10.4 Å². The fraction of sp³-hybridized carbons (Fsp3) is 0.462. The first kappa shape index (κ1) is 16.8. The van der Waals surface area contributed by atoms with Crippen LogP contribution >= 0.6 is 0 Å². The number of halogens is 2. The zero-order valence-corrected chi connectivity index (χ0v) is 11.4. The molecule has 2 N–H and O–H groups in total. The van der Waals surface area contributed by atoms with Crippen LogP contribution in [0.5, 0.6) is 0 Å². The lowest BCUT2D eigenvalue weighted by molar-refractivity contribution is -0.385. The molecule has 0 aromatic heterocycles. The normalized spacial score (nSPS) is 12.2. The van der Waals surface area contributed by atoms with Crippen LogP contribution in [0, 0.1) is 16.0 Å². The number of carbonyl (C=O) groups is 1. The number of nitrogens with one attached hydrogen (secondary N) is 1. The standard InChI is InChI=1S/C13H16F2N2O4/c1-8(2-5-12(18)19)7-16-11-4-3-9(17(20)21)6-10(11)13(14)15/h3-4,6,8,13,16H,2,5,7H2,1H3,(H,18,19). The van der Waals surface area contributed by atoms with Crippen molar-refractivity contribution in [2.24, 2.45) is 5.92 Å². The van der Waals surface area contributed by atoms with Crippen LogP contribution < -0.4 is 5.32 Å². The first-order chi connectivity index (χ1) is 9.81. The summed E-state index contributed by atoms with van der Waals surface area (Å²) >= 11 is 0. The topological polar surface area (TPSA) is 92.5 Å². The smallest absolute Gasteiger partial charge is 0.303 e. The molecule has 0 heterocycles. The highest BCUT2D eigenvalue weighted by Gasteiger charge is 2.18. The number of alkyl halides is 2. The molecule has 0 radical (unpaired) electrons. The fourth-order valence-electron chi connectivity index (χ4n) is 1.76. The summed E-state index contributed by atoms with van der Waals surface area (Å²) in [6, 6.07) is 3.23. The molecule has 8 heteroatoms. The Kier molecular flexibility index (Phi) is 6.01. The highest BCUT2D eigenvalue weighted by atomic mass is 19.3. The van der Waals surface area contributed by atoms with Crippen molar-refractivity contribution in [3.63, 3.8) is 0 Å². The zero-order chi connectivity index (χ0) is 16.0. The number of hydrogen-bond donors (Lipinski definition) is 2. The quantitative estimate of drug-likeness (QED) is 0.567. The second kappa shape index (κ2) is 7.51. The van der Waals surface area contributed by atoms with Gasteiger partial charge in [-0.1, -0.05) is 6.92 Å². The van der Waals surface area contributed by atoms with Gasteiger partial charge >= 0.3 is 5.97 Å². The Morgan fingerprint density at radius 2 is 2.14 bits per heavy atom. The second-order valence-corrected chi connectivity index (χ2v) is 4.75. The summed E-state index contributed by atoms with van der Waals surface area (Å²) in [7, 11) is 0. The van der Waals surface area contributed by atoms with Crippen LogP contribution in [0.4, 0.5) is 20.2 Å². The third-order valence-electron chi connectivity index (χ3n) is 2.97. The summed E-state index contributed by atoms with van der Waals surface area (Å²) in [5, 5.41) is 21.9. The molecule has 1 unspecified atom stereocenters. The molecule has 0 aliphatic rings. The molecule has 1 aromatic rings. The highest BCUT2D eigenvalue weighted by Crippen LogP contribution is 2.30. The third kappa shape index (κ3) is 5.33. The van der Waals surface area contributed by atoms with Crippen LogP contribution in [-0.2, 0) is 4.79 Å². The molecule has 1 atom stereocenters. The Bertz CT molecular complexity index is 523. The molecule has 0 aliphatic carbocycles. The van der Waals surface area contributed by atoms with E-state index >= 15 is 0 Å². The Labute approximate surface area is 119 Å². The summed E-state index contributed by atoms with van der Waals surface area (Å²) in [6.45, 7) is 2.11. The molecule has 0 spiro atoms. The van der Waals surface area contributed by atoms with Gasteiger partial charge in [-0.2, -0.15) is 0 Å². The van der Waals surface area contributed by atoms with Crippen molar-refractivity contribution in [1.82, 2.24) is 0 Å². The van der Waals surface area contributed by atoms with Gasteiger partial charge in [0.1, 0.15) is 0 Å². The molecule has 0 amide bonds. The molecule has 0 bridgehead atoms. The molecule has 0 aliphatic heterocycles. The number of rotatable bonds is 8. The number of nitrogens with zero attached hydrogens (tertiary/aromatic N) is 1. The van der Waals surface area contributed by atoms with Crippen LogP contribution in [0.25, 0.3) is 0 Å². The first-order valence-electron chi connectivity index (χ1n) is 6.33. The number of nitro benzene ring substituents is 1. The van der Waals surface area contributed by atoms with Gasteiger partial charge in [0, 0.05) is 36.3 Å². The van der Waals surface area contributed by atoms with Gasteiger partial charge in [-0.05, 0) is 18.4 Å². The van der Waals surface area contributed by atoms with Crippen molar-refractivity contribution in [1.29, 1.82) is 0 Å². The van der Waals surface area contributed by atoms with Gasteiger partial charge in [0.05, 0.1) is 4.92 Å². The second-order valence-electron chi connectivity index (χ2n) is 4.75. The number of nitro groups is 1. The molecule has 0 saturated carbocycles. The molecular formula is C13H16F2N2O4. The fourth-order valence-corrected chi connectivity index (χ4v) is 1.76. The van der Waals surface area contributed by atoms with Gasteiger partial charge in [-0.15, -0.1) is 0 Å². The lowest BCUT2D eigenvalue weighted by atomic mass is 10.1. The Morgan fingerprint density at radius 3 is 2.67 bits per heavy atom. The van der Waals surface area contributed by atoms with Gasteiger partial charge in [0.25, 0.3) is 12.1 Å². The molecule has 0 saturated heterocycles. The summed E-state index contributed by atoms with van der Waals surface area (Å²) in [4.78, 5) is 20.3. The minimum atomic E-state index is -2.83. The lowest BCUT2D eigenvalue weighted by Crippen LogP contribution is -2.14. The number of carboxylic acids is 1. The van der Waals surface area contributed by atoms with E-state index in [1.54, 1.807) is 6.92 Å². The van der Waals surface area contributed by atoms with E-state index in [1.165, 1.54) is 6.07 Å². The Morgan fingerprint density at radius 1 is 1.48 bits per heavy atom. The first-order valence-corrected chi connectivity index (χ1v) is 6.33. The molecule has 116 valence electrons. The maximum Gasteiger partial charge on any atom is 0.303 e. The molecular weight excluding hydrogens is 286 g/mol. The molecule has 1 rings (SSSR count). The molecule has 6 nitrogen and oxygen atoms in total. The van der Waals surface area contributed by atoms with Crippen LogP contribution in [0.2, 0.25) is 0 Å². The zero-order valence-electron chi connectivity index (χ0n) is 11.4. The minimum absolute atomic E-state index is 0.00477. The van der Waals surface area contributed by atoms with Gasteiger partial charge in [-0.3, -0.25) is 14.9 Å². The maximum absolute atomic E-state index is 12.9. The third-order valence-corrected chi connectivity index (χ3v) is 2.97. The van der Waals surface area contributed by atoms with E-state index in [-0.39, 0.29) is 18.0 Å². The maximum atomic E-state index is 12.9. The van der Waals surface area contributed by atoms with Crippen molar-refractivity contribution in [3.05, 3.63) is 33.9 Å². The lowest BCUT2D eigenvalue weighted by Gasteiger charge is -2.15. The molecule has 1 aromatic carbocycles. The van der Waals surface area contributed by atoms with Crippen molar-refractivity contribution in [3.8, 4) is 0 Å². The van der Waals surface area contributed by atoms with Crippen LogP contribution in [0.15, 0.2) is 18.2 Å². The van der Waals surface area contributed by atoms with Crippen molar-refractivity contribution in [2.45, 2.75) is 26.2 Å². The number of hydrogen-bond acceptors (Lipinski definition) is 4. The van der Waals surface area contributed by atoms with E-state index in [1.807, 2.05) is 0 Å². The largest absolute Gasteiger partial charge is 0.481 e. The SMILES string of the molecule is CC(CCC(=O)O)CNc1ccc([N+](=O)[O-])cc1C(F)F. The minimum Gasteiger partial charge on any atom is -0.481 e. The monoisotopic (exact) mass is 302 g/mol. The predicted octanol–water partition coefficient (Wildman–Crippen LogP) is 3.45. The molecule has 0 fully saturated rings. The number of non-ortho nitro benzene ring substituents is 1. The van der Waals surface area contributed by atoms with Gasteiger partial charge in [-0.25, -0.2) is 8.78 Å². The number of aliphatic carboxylic acids is 1. The summed E-state index contributed by atoms with van der Waals surface area (Å²) in [6.07, 6.45) is -2.41. The van der Waals surface area contributed by atoms with Crippen molar-refractivity contribution in [2.75, 3.05) is 11.9 Å². The van der Waals surface area contributed by atoms with E-state index in [0.717, 1.165) is 12.1 Å². The van der Waals surface area contributed by atoms with Crippen molar-refractivity contribution >= 4 is 17.3 Å². The average Bonchev–Trinajstić information content (AvgIpc) is 2.42. The summed E-state index contributed by atoms with van der Waals surface area (Å²) in [5.74, 6) is -0.938. The number of carboxylic acid groups (broad SMARTS) is 1. The van der Waals surface area contributed by atoms with E-state index in [0.29, 0.717) is 13.0 Å². The van der Waals surface area contributed by atoms with Crippen LogP contribution in [0.3, 0.4) is 0 Å².